The van der Waals surface area contributed by atoms with Gasteiger partial charge >= 0.3 is 0 Å². The quantitative estimate of drug-likeness (QED) is 0.200. The van der Waals surface area contributed by atoms with Crippen molar-refractivity contribution in [3.63, 3.8) is 0 Å². The van der Waals surface area contributed by atoms with Crippen molar-refractivity contribution in [3.05, 3.63) is 90.5 Å². The van der Waals surface area contributed by atoms with Gasteiger partial charge in [-0.25, -0.2) is 0 Å². The van der Waals surface area contributed by atoms with Crippen LogP contribution in [0.4, 0.5) is 5.69 Å². The number of halogens is 2. The molecule has 2 aromatic rings. The molecule has 1 fully saturated rings. The van der Waals surface area contributed by atoms with Crippen LogP contribution >= 0.6 is 38.5 Å². The SMILES string of the molecule is CC1=CC(=O)C2=C(CC3C(=CCC4C(=O)N(c5ccc(I)cc5)C(=O)C43)C2c2cc(Br)ccc2O)C1=O. The number of Topliss-reactive ketones (excluding diaryl/α,β-unsaturated/α-hetero) is 1. The highest BCUT2D eigenvalue weighted by Gasteiger charge is 2.56. The summed E-state index contributed by atoms with van der Waals surface area (Å²) in [5, 5.41) is 10.9. The van der Waals surface area contributed by atoms with Gasteiger partial charge in [-0.05, 0) is 96.8 Å². The largest absolute Gasteiger partial charge is 0.508 e. The fraction of sp³-hybridized carbons (Fsp3) is 0.241. The van der Waals surface area contributed by atoms with Crippen LogP contribution in [0.25, 0.3) is 0 Å². The molecule has 1 heterocycles. The van der Waals surface area contributed by atoms with Gasteiger partial charge < -0.3 is 5.11 Å². The molecule has 6 nitrogen and oxygen atoms in total. The molecule has 0 radical (unpaired) electrons. The van der Waals surface area contributed by atoms with E-state index < -0.39 is 23.7 Å². The number of rotatable bonds is 2. The Morgan fingerprint density at radius 2 is 1.73 bits per heavy atom. The minimum Gasteiger partial charge on any atom is -0.508 e. The van der Waals surface area contributed by atoms with E-state index in [9.17, 15) is 24.3 Å². The molecule has 186 valence electrons. The van der Waals surface area contributed by atoms with Gasteiger partial charge in [-0.2, -0.15) is 0 Å². The first-order chi connectivity index (χ1) is 17.7. The molecular formula is C29H21BrINO5. The average Bonchev–Trinajstić information content (AvgIpc) is 3.13. The Balaban J connectivity index is 1.50. The topological polar surface area (TPSA) is 91.8 Å². The zero-order chi connectivity index (χ0) is 26.2. The fourth-order valence-corrected chi connectivity index (χ4v) is 7.08. The maximum absolute atomic E-state index is 13.9. The standard InChI is InChI=1S/C29H21BrINO5/c1-13-10-23(34)26-21(27(13)35)12-19-17(24(26)20-11-14(30)2-9-22(20)33)7-8-18-25(19)29(37)32(28(18)36)16-5-3-15(31)4-6-16/h2-7,9-11,18-19,24-25,33H,8,12H2,1H3. The summed E-state index contributed by atoms with van der Waals surface area (Å²) in [4.78, 5) is 55.3. The lowest BCUT2D eigenvalue weighted by molar-refractivity contribution is -0.123. The van der Waals surface area contributed by atoms with Crippen molar-refractivity contribution in [3.8, 4) is 5.75 Å². The average molecular weight is 670 g/mol. The van der Waals surface area contributed by atoms with Crippen LogP contribution < -0.4 is 4.90 Å². The third-order valence-corrected chi connectivity index (χ3v) is 9.16. The second-order valence-corrected chi connectivity index (χ2v) is 12.1. The summed E-state index contributed by atoms with van der Waals surface area (Å²) in [5.41, 5.74) is 2.94. The van der Waals surface area contributed by atoms with Gasteiger partial charge in [-0.3, -0.25) is 24.1 Å². The van der Waals surface area contributed by atoms with Crippen LogP contribution in [0, 0.1) is 21.3 Å². The molecule has 2 aromatic carbocycles. The number of hydrogen-bond donors (Lipinski definition) is 1. The molecule has 0 bridgehead atoms. The summed E-state index contributed by atoms with van der Waals surface area (Å²) in [5.74, 6) is -3.29. The number of fused-ring (bicyclic) bond motifs is 3. The number of hydrogen-bond acceptors (Lipinski definition) is 5. The molecule has 0 saturated carbocycles. The van der Waals surface area contributed by atoms with Gasteiger partial charge in [-0.15, -0.1) is 0 Å². The van der Waals surface area contributed by atoms with Gasteiger partial charge in [0.1, 0.15) is 5.75 Å². The van der Waals surface area contributed by atoms with Gasteiger partial charge in [0.2, 0.25) is 11.8 Å². The lowest BCUT2D eigenvalue weighted by Crippen LogP contribution is -2.39. The molecule has 37 heavy (non-hydrogen) atoms. The van der Waals surface area contributed by atoms with Crippen molar-refractivity contribution in [2.75, 3.05) is 4.90 Å². The number of phenolic OH excluding ortho intramolecular Hbond substituents is 1. The maximum atomic E-state index is 13.9. The van der Waals surface area contributed by atoms with Gasteiger partial charge in [-0.1, -0.05) is 27.6 Å². The highest BCUT2D eigenvalue weighted by molar-refractivity contribution is 14.1. The summed E-state index contributed by atoms with van der Waals surface area (Å²) in [6.07, 6.45) is 3.88. The Morgan fingerprint density at radius 1 is 1.00 bits per heavy atom. The van der Waals surface area contributed by atoms with Crippen molar-refractivity contribution in [2.45, 2.75) is 25.7 Å². The van der Waals surface area contributed by atoms with Crippen LogP contribution in [-0.4, -0.2) is 28.5 Å². The van der Waals surface area contributed by atoms with Crippen LogP contribution in [0.15, 0.2) is 81.4 Å². The minimum absolute atomic E-state index is 0.00425. The van der Waals surface area contributed by atoms with Crippen molar-refractivity contribution in [1.29, 1.82) is 0 Å². The number of anilines is 1. The van der Waals surface area contributed by atoms with Crippen LogP contribution in [0.2, 0.25) is 0 Å². The molecule has 4 aliphatic rings. The van der Waals surface area contributed by atoms with E-state index in [0.717, 1.165) is 13.6 Å². The first kappa shape index (κ1) is 24.5. The summed E-state index contributed by atoms with van der Waals surface area (Å²) in [6.45, 7) is 1.62. The lowest BCUT2D eigenvalue weighted by atomic mass is 9.59. The Bertz CT molecular complexity index is 1520. The van der Waals surface area contributed by atoms with Gasteiger partial charge in [0.25, 0.3) is 0 Å². The summed E-state index contributed by atoms with van der Waals surface area (Å²) >= 11 is 5.63. The number of aromatic hydroxyl groups is 1. The molecule has 1 aliphatic heterocycles. The van der Waals surface area contributed by atoms with Crippen LogP contribution in [-0.2, 0) is 19.2 Å². The number of amides is 2. The number of ketones is 2. The number of imide groups is 1. The number of carbonyl (C=O) groups excluding carboxylic acids is 4. The van der Waals surface area contributed by atoms with E-state index in [1.807, 2.05) is 18.2 Å². The van der Waals surface area contributed by atoms with Crippen molar-refractivity contribution in [1.82, 2.24) is 0 Å². The maximum Gasteiger partial charge on any atom is 0.238 e. The lowest BCUT2D eigenvalue weighted by Gasteiger charge is -2.42. The molecule has 8 heteroatoms. The number of nitrogens with zero attached hydrogens (tertiary/aromatic N) is 1. The summed E-state index contributed by atoms with van der Waals surface area (Å²) in [6, 6.07) is 12.3. The van der Waals surface area contributed by atoms with E-state index in [1.54, 1.807) is 37.3 Å². The molecular weight excluding hydrogens is 649 g/mol. The smallest absolute Gasteiger partial charge is 0.238 e. The Labute approximate surface area is 235 Å². The molecule has 4 unspecified atom stereocenters. The number of benzene rings is 2. The highest BCUT2D eigenvalue weighted by atomic mass is 127. The van der Waals surface area contributed by atoms with E-state index in [-0.39, 0.29) is 35.6 Å². The fourth-order valence-electron chi connectivity index (χ4n) is 6.34. The Kier molecular flexibility index (Phi) is 5.87. The normalized spacial score (nSPS) is 27.1. The molecule has 6 rings (SSSR count). The molecule has 1 saturated heterocycles. The first-order valence-corrected chi connectivity index (χ1v) is 13.9. The summed E-state index contributed by atoms with van der Waals surface area (Å²) in [7, 11) is 0. The molecule has 3 aliphatic carbocycles. The molecule has 0 spiro atoms. The van der Waals surface area contributed by atoms with Crippen molar-refractivity contribution >= 4 is 67.6 Å². The minimum atomic E-state index is -0.678. The second-order valence-electron chi connectivity index (χ2n) is 9.92. The van der Waals surface area contributed by atoms with Gasteiger partial charge in [0.15, 0.2) is 11.6 Å². The zero-order valence-corrected chi connectivity index (χ0v) is 23.4. The van der Waals surface area contributed by atoms with Crippen LogP contribution in [0.1, 0.15) is 31.2 Å². The Morgan fingerprint density at radius 3 is 2.46 bits per heavy atom. The zero-order valence-electron chi connectivity index (χ0n) is 19.7. The Hall–Kier alpha value is -2.85. The van der Waals surface area contributed by atoms with E-state index in [4.69, 9.17) is 0 Å². The van der Waals surface area contributed by atoms with E-state index in [0.29, 0.717) is 34.4 Å². The van der Waals surface area contributed by atoms with Crippen molar-refractivity contribution < 1.29 is 24.3 Å². The molecule has 1 N–H and O–H groups in total. The van der Waals surface area contributed by atoms with Crippen LogP contribution in [0.5, 0.6) is 5.75 Å². The predicted octanol–water partition coefficient (Wildman–Crippen LogP) is 5.39. The van der Waals surface area contributed by atoms with Crippen molar-refractivity contribution in [2.24, 2.45) is 17.8 Å². The number of phenols is 1. The summed E-state index contributed by atoms with van der Waals surface area (Å²) < 4.78 is 1.71. The van der Waals surface area contributed by atoms with E-state index >= 15 is 0 Å². The van der Waals surface area contributed by atoms with E-state index in [1.165, 1.54) is 11.0 Å². The van der Waals surface area contributed by atoms with E-state index in [2.05, 4.69) is 38.5 Å². The van der Waals surface area contributed by atoms with Gasteiger partial charge in [0.05, 0.1) is 17.5 Å². The molecule has 0 aromatic heterocycles. The third-order valence-electron chi connectivity index (χ3n) is 7.95. The monoisotopic (exact) mass is 669 g/mol. The third kappa shape index (κ3) is 3.71. The second kappa shape index (κ2) is 8.87. The van der Waals surface area contributed by atoms with Gasteiger partial charge in [0, 0.05) is 36.2 Å². The first-order valence-electron chi connectivity index (χ1n) is 12.0. The molecule has 2 amide bonds. The number of allylic oxidation sites excluding steroid dienone is 6. The highest BCUT2D eigenvalue weighted by Crippen LogP contribution is 2.56. The predicted molar refractivity (Wildman–Crippen MR) is 149 cm³/mol. The number of carbonyl (C=O) groups is 4. The molecule has 4 atom stereocenters. The van der Waals surface area contributed by atoms with Crippen LogP contribution in [0.3, 0.4) is 0 Å².